The number of nitrogens with one attached hydrogen (secondary N) is 3. The van der Waals surface area contributed by atoms with Gasteiger partial charge in [-0.2, -0.15) is 0 Å². The van der Waals surface area contributed by atoms with Crippen LogP contribution in [0.25, 0.3) is 0 Å². The molecular formula is C19H20ClN3O3. The van der Waals surface area contributed by atoms with Crippen LogP contribution in [-0.2, 0) is 4.74 Å². The van der Waals surface area contributed by atoms with Gasteiger partial charge in [-0.25, -0.2) is 4.79 Å². The lowest BCUT2D eigenvalue weighted by Crippen LogP contribution is -2.31. The number of urea groups is 1. The zero-order valence-electron chi connectivity index (χ0n) is 14.1. The third-order valence-corrected chi connectivity index (χ3v) is 4.25. The van der Waals surface area contributed by atoms with Crippen molar-refractivity contribution in [2.45, 2.75) is 18.9 Å². The zero-order chi connectivity index (χ0) is 18.4. The molecule has 0 radical (unpaired) electrons. The quantitative estimate of drug-likeness (QED) is 0.743. The Morgan fingerprint density at radius 2 is 1.85 bits per heavy atom. The number of amides is 3. The molecule has 0 aliphatic carbocycles. The highest BCUT2D eigenvalue weighted by Gasteiger charge is 2.16. The van der Waals surface area contributed by atoms with E-state index in [-0.39, 0.29) is 12.0 Å². The van der Waals surface area contributed by atoms with Crippen molar-refractivity contribution in [1.29, 1.82) is 0 Å². The van der Waals surface area contributed by atoms with E-state index < -0.39 is 6.03 Å². The molecule has 136 valence electrons. The maximum atomic E-state index is 12.3. The first-order chi connectivity index (χ1) is 12.6. The minimum Gasteiger partial charge on any atom is -0.376 e. The second-order valence-corrected chi connectivity index (χ2v) is 6.45. The Balaban J connectivity index is 1.55. The number of hydrogen-bond donors (Lipinski definition) is 3. The van der Waals surface area contributed by atoms with E-state index in [9.17, 15) is 9.59 Å². The van der Waals surface area contributed by atoms with Gasteiger partial charge in [0.15, 0.2) is 0 Å². The Morgan fingerprint density at radius 1 is 1.08 bits per heavy atom. The Bertz CT molecular complexity index is 774. The monoisotopic (exact) mass is 373 g/mol. The SMILES string of the molecule is O=C(Nc1ccc(Cl)cc1)Nc1cccc(C(=O)NC[C@@H]2CCCO2)c1. The Morgan fingerprint density at radius 3 is 2.58 bits per heavy atom. The van der Waals surface area contributed by atoms with Gasteiger partial charge in [-0.05, 0) is 55.3 Å². The van der Waals surface area contributed by atoms with Gasteiger partial charge in [-0.15, -0.1) is 0 Å². The summed E-state index contributed by atoms with van der Waals surface area (Å²) in [5.41, 5.74) is 1.63. The van der Waals surface area contributed by atoms with Crippen LogP contribution in [0.1, 0.15) is 23.2 Å². The first-order valence-corrected chi connectivity index (χ1v) is 8.81. The van der Waals surface area contributed by atoms with Crippen LogP contribution < -0.4 is 16.0 Å². The van der Waals surface area contributed by atoms with Crippen LogP contribution in [0, 0.1) is 0 Å². The molecule has 2 aromatic rings. The van der Waals surface area contributed by atoms with Crippen LogP contribution in [0.3, 0.4) is 0 Å². The number of carbonyl (C=O) groups excluding carboxylic acids is 2. The predicted molar refractivity (Wildman–Crippen MR) is 102 cm³/mol. The maximum absolute atomic E-state index is 12.3. The molecule has 0 aromatic heterocycles. The van der Waals surface area contributed by atoms with Gasteiger partial charge >= 0.3 is 6.03 Å². The molecule has 1 atom stereocenters. The lowest BCUT2D eigenvalue weighted by molar-refractivity contribution is 0.0858. The minimum absolute atomic E-state index is 0.0883. The molecule has 26 heavy (non-hydrogen) atoms. The van der Waals surface area contributed by atoms with E-state index in [1.165, 1.54) is 0 Å². The summed E-state index contributed by atoms with van der Waals surface area (Å²) in [7, 11) is 0. The van der Waals surface area contributed by atoms with Gasteiger partial charge in [0.1, 0.15) is 0 Å². The zero-order valence-corrected chi connectivity index (χ0v) is 14.9. The fraction of sp³-hybridized carbons (Fsp3) is 0.263. The third-order valence-electron chi connectivity index (χ3n) is 4.00. The Hall–Kier alpha value is -2.57. The van der Waals surface area contributed by atoms with Crippen molar-refractivity contribution in [1.82, 2.24) is 5.32 Å². The molecule has 1 saturated heterocycles. The lowest BCUT2D eigenvalue weighted by atomic mass is 10.1. The second-order valence-electron chi connectivity index (χ2n) is 6.01. The van der Waals surface area contributed by atoms with Gasteiger partial charge in [0.05, 0.1) is 6.10 Å². The number of ether oxygens (including phenoxy) is 1. The molecule has 1 heterocycles. The van der Waals surface area contributed by atoms with Crippen molar-refractivity contribution in [2.24, 2.45) is 0 Å². The summed E-state index contributed by atoms with van der Waals surface area (Å²) in [5.74, 6) is -0.192. The van der Waals surface area contributed by atoms with Crippen LogP contribution in [0.15, 0.2) is 48.5 Å². The fourth-order valence-electron chi connectivity index (χ4n) is 2.68. The molecule has 1 aliphatic heterocycles. The van der Waals surface area contributed by atoms with Crippen molar-refractivity contribution >= 4 is 34.9 Å². The summed E-state index contributed by atoms with van der Waals surface area (Å²) < 4.78 is 5.49. The van der Waals surface area contributed by atoms with Crippen molar-refractivity contribution in [3.63, 3.8) is 0 Å². The summed E-state index contributed by atoms with van der Waals surface area (Å²) in [6, 6.07) is 13.2. The van der Waals surface area contributed by atoms with Gasteiger partial charge in [0.2, 0.25) is 0 Å². The van der Waals surface area contributed by atoms with E-state index in [2.05, 4.69) is 16.0 Å². The van der Waals surface area contributed by atoms with E-state index in [0.29, 0.717) is 28.5 Å². The molecule has 1 aliphatic rings. The maximum Gasteiger partial charge on any atom is 0.323 e. The molecule has 3 rings (SSSR count). The smallest absolute Gasteiger partial charge is 0.323 e. The minimum atomic E-state index is -0.399. The number of anilines is 2. The Kier molecular flexibility index (Phi) is 6.09. The molecule has 0 bridgehead atoms. The van der Waals surface area contributed by atoms with Gasteiger partial charge in [-0.3, -0.25) is 4.79 Å². The van der Waals surface area contributed by atoms with E-state index in [0.717, 1.165) is 19.4 Å². The van der Waals surface area contributed by atoms with E-state index in [1.54, 1.807) is 48.5 Å². The van der Waals surface area contributed by atoms with Gasteiger partial charge in [-0.1, -0.05) is 17.7 Å². The van der Waals surface area contributed by atoms with Crippen LogP contribution in [0.2, 0.25) is 5.02 Å². The van der Waals surface area contributed by atoms with E-state index >= 15 is 0 Å². The summed E-state index contributed by atoms with van der Waals surface area (Å²) in [5, 5.41) is 8.87. The molecule has 2 aromatic carbocycles. The van der Waals surface area contributed by atoms with Gasteiger partial charge in [0.25, 0.3) is 5.91 Å². The van der Waals surface area contributed by atoms with Crippen molar-refractivity contribution in [3.05, 3.63) is 59.1 Å². The molecule has 3 N–H and O–H groups in total. The number of halogens is 1. The molecule has 0 saturated carbocycles. The molecular weight excluding hydrogens is 354 g/mol. The summed E-state index contributed by atoms with van der Waals surface area (Å²) in [6.45, 7) is 1.25. The average Bonchev–Trinajstić information content (AvgIpc) is 3.15. The molecule has 7 heteroatoms. The molecule has 3 amide bonds. The van der Waals surface area contributed by atoms with Crippen molar-refractivity contribution in [2.75, 3.05) is 23.8 Å². The summed E-state index contributed by atoms with van der Waals surface area (Å²) in [4.78, 5) is 24.3. The highest BCUT2D eigenvalue weighted by molar-refractivity contribution is 6.30. The molecule has 0 spiro atoms. The number of hydrogen-bond acceptors (Lipinski definition) is 3. The standard InChI is InChI=1S/C19H20ClN3O3/c20-14-6-8-15(9-7-14)22-19(25)23-16-4-1-3-13(11-16)18(24)21-12-17-5-2-10-26-17/h1,3-4,6-9,11,17H,2,5,10,12H2,(H,21,24)(H2,22,23,25)/t17-/m0/s1. The van der Waals surface area contributed by atoms with Crippen molar-refractivity contribution < 1.29 is 14.3 Å². The summed E-state index contributed by atoms with van der Waals surface area (Å²) >= 11 is 5.82. The van der Waals surface area contributed by atoms with E-state index in [1.807, 2.05) is 0 Å². The normalized spacial score (nSPS) is 16.1. The van der Waals surface area contributed by atoms with Crippen LogP contribution in [-0.4, -0.2) is 31.2 Å². The highest BCUT2D eigenvalue weighted by atomic mass is 35.5. The fourth-order valence-corrected chi connectivity index (χ4v) is 2.80. The predicted octanol–water partition coefficient (Wildman–Crippen LogP) is 3.89. The average molecular weight is 374 g/mol. The number of carbonyl (C=O) groups is 2. The van der Waals surface area contributed by atoms with E-state index in [4.69, 9.17) is 16.3 Å². The largest absolute Gasteiger partial charge is 0.376 e. The van der Waals surface area contributed by atoms with Crippen LogP contribution >= 0.6 is 11.6 Å². The number of rotatable bonds is 5. The highest BCUT2D eigenvalue weighted by Crippen LogP contribution is 2.15. The molecule has 6 nitrogen and oxygen atoms in total. The third kappa shape index (κ3) is 5.21. The van der Waals surface area contributed by atoms with Gasteiger partial charge in [0, 0.05) is 35.1 Å². The first-order valence-electron chi connectivity index (χ1n) is 8.43. The van der Waals surface area contributed by atoms with Crippen molar-refractivity contribution in [3.8, 4) is 0 Å². The molecule has 0 unspecified atom stereocenters. The topological polar surface area (TPSA) is 79.5 Å². The van der Waals surface area contributed by atoms with Crippen LogP contribution in [0.5, 0.6) is 0 Å². The number of benzene rings is 2. The van der Waals surface area contributed by atoms with Gasteiger partial charge < -0.3 is 20.7 Å². The molecule has 1 fully saturated rings. The lowest BCUT2D eigenvalue weighted by Gasteiger charge is -2.12. The summed E-state index contributed by atoms with van der Waals surface area (Å²) in [6.07, 6.45) is 2.08. The second kappa shape index (κ2) is 8.69. The Labute approximate surface area is 156 Å². The van der Waals surface area contributed by atoms with Crippen LogP contribution in [0.4, 0.5) is 16.2 Å². The first kappa shape index (κ1) is 18.2.